The van der Waals surface area contributed by atoms with Gasteiger partial charge in [0.05, 0.1) is 28.3 Å². The number of hydrogen-bond acceptors (Lipinski definition) is 4. The van der Waals surface area contributed by atoms with Gasteiger partial charge >= 0.3 is 0 Å². The first-order valence-corrected chi connectivity index (χ1v) is 11.3. The largest absolute Gasteiger partial charge is 0.326 e. The second-order valence-electron chi connectivity index (χ2n) is 8.29. The van der Waals surface area contributed by atoms with Gasteiger partial charge in [-0.2, -0.15) is 0 Å². The third-order valence-corrected chi connectivity index (χ3v) is 6.25. The molecular weight excluding hydrogens is 441 g/mol. The van der Waals surface area contributed by atoms with Gasteiger partial charge in [0, 0.05) is 24.8 Å². The fraction of sp³-hybridized carbons (Fsp3) is 0.240. The number of rotatable bonds is 5. The predicted octanol–water partition coefficient (Wildman–Crippen LogP) is 4.88. The minimum Gasteiger partial charge on any atom is -0.326 e. The van der Waals surface area contributed by atoms with Crippen LogP contribution in [0.15, 0.2) is 61.1 Å². The zero-order valence-electron chi connectivity index (χ0n) is 17.9. The maximum Gasteiger partial charge on any atom is 0.229 e. The number of nitrogens with one attached hydrogen (secondary N) is 2. The van der Waals surface area contributed by atoms with Crippen LogP contribution in [0.25, 0.3) is 22.2 Å². The Balaban J connectivity index is 1.43. The van der Waals surface area contributed by atoms with Crippen molar-refractivity contribution in [3.63, 3.8) is 0 Å². The molecule has 1 fully saturated rings. The molecule has 0 saturated carbocycles. The lowest BCUT2D eigenvalue weighted by atomic mass is 9.99. The van der Waals surface area contributed by atoms with Gasteiger partial charge in [-0.25, -0.2) is 14.4 Å². The quantitative estimate of drug-likeness (QED) is 0.442. The summed E-state index contributed by atoms with van der Waals surface area (Å²) in [7, 11) is 0. The standard InChI is InChI=1S/C25H23ClFN5O/c26-21-13-29-24(31-25(33)18-4-2-8-28-12-18)11-20(21)17-6-7-22-23(10-17)32(15-30-22)14-16-3-1-5-19(27)9-16/h1,3,5-7,9-11,13,15,18,28H,2,4,8,12,14H2,(H,29,31,33). The summed E-state index contributed by atoms with van der Waals surface area (Å²) in [6, 6.07) is 14.2. The zero-order valence-corrected chi connectivity index (χ0v) is 18.6. The number of pyridine rings is 1. The summed E-state index contributed by atoms with van der Waals surface area (Å²) >= 11 is 6.48. The van der Waals surface area contributed by atoms with Crippen molar-refractivity contribution in [3.8, 4) is 11.1 Å². The Morgan fingerprint density at radius 2 is 2.12 bits per heavy atom. The number of nitrogens with zero attached hydrogens (tertiary/aromatic N) is 3. The van der Waals surface area contributed by atoms with E-state index in [-0.39, 0.29) is 17.6 Å². The number of imidazole rings is 1. The molecule has 5 rings (SSSR count). The normalized spacial score (nSPS) is 16.1. The lowest BCUT2D eigenvalue weighted by molar-refractivity contribution is -0.120. The van der Waals surface area contributed by atoms with E-state index in [0.29, 0.717) is 23.9 Å². The van der Waals surface area contributed by atoms with Gasteiger partial charge in [0.15, 0.2) is 0 Å². The van der Waals surface area contributed by atoms with Crippen molar-refractivity contribution in [3.05, 3.63) is 77.5 Å². The second kappa shape index (κ2) is 9.29. The minimum atomic E-state index is -0.264. The van der Waals surface area contributed by atoms with Crippen molar-refractivity contribution in [2.24, 2.45) is 5.92 Å². The van der Waals surface area contributed by atoms with Crippen LogP contribution in [0.4, 0.5) is 10.2 Å². The molecule has 2 aromatic carbocycles. The smallest absolute Gasteiger partial charge is 0.229 e. The molecule has 2 aromatic heterocycles. The third kappa shape index (κ3) is 4.74. The Labute approximate surface area is 195 Å². The molecule has 1 atom stereocenters. The number of carbonyl (C=O) groups excluding carboxylic acids is 1. The van der Waals surface area contributed by atoms with Crippen molar-refractivity contribution in [1.82, 2.24) is 19.9 Å². The Morgan fingerprint density at radius 3 is 2.94 bits per heavy atom. The molecule has 0 aliphatic carbocycles. The summed E-state index contributed by atoms with van der Waals surface area (Å²) in [4.78, 5) is 21.4. The zero-order chi connectivity index (χ0) is 22.8. The van der Waals surface area contributed by atoms with Crippen LogP contribution in [0.1, 0.15) is 18.4 Å². The minimum absolute atomic E-state index is 0.0356. The molecule has 1 unspecified atom stereocenters. The second-order valence-corrected chi connectivity index (χ2v) is 8.70. The van der Waals surface area contributed by atoms with Gasteiger partial charge in [-0.3, -0.25) is 4.79 Å². The van der Waals surface area contributed by atoms with E-state index in [2.05, 4.69) is 20.6 Å². The van der Waals surface area contributed by atoms with E-state index in [0.717, 1.165) is 47.1 Å². The maximum atomic E-state index is 13.6. The summed E-state index contributed by atoms with van der Waals surface area (Å²) in [5.41, 5.74) is 4.24. The number of amides is 1. The summed E-state index contributed by atoms with van der Waals surface area (Å²) in [6.45, 7) is 2.13. The first-order chi connectivity index (χ1) is 16.1. The summed E-state index contributed by atoms with van der Waals surface area (Å²) < 4.78 is 15.6. The van der Waals surface area contributed by atoms with Crippen LogP contribution in [0.2, 0.25) is 5.02 Å². The highest BCUT2D eigenvalue weighted by molar-refractivity contribution is 6.33. The van der Waals surface area contributed by atoms with Crippen LogP contribution >= 0.6 is 11.6 Å². The highest BCUT2D eigenvalue weighted by atomic mass is 35.5. The van der Waals surface area contributed by atoms with Crippen molar-refractivity contribution in [1.29, 1.82) is 0 Å². The Bertz CT molecular complexity index is 1320. The van der Waals surface area contributed by atoms with Gasteiger partial charge in [-0.1, -0.05) is 29.8 Å². The van der Waals surface area contributed by atoms with E-state index in [9.17, 15) is 9.18 Å². The molecule has 4 aromatic rings. The fourth-order valence-corrected chi connectivity index (χ4v) is 4.43. The predicted molar refractivity (Wildman–Crippen MR) is 128 cm³/mol. The molecule has 1 aliphatic rings. The molecule has 1 saturated heterocycles. The molecule has 0 bridgehead atoms. The molecule has 6 nitrogen and oxygen atoms in total. The van der Waals surface area contributed by atoms with E-state index in [1.54, 1.807) is 24.7 Å². The molecule has 2 N–H and O–H groups in total. The van der Waals surface area contributed by atoms with Crippen LogP contribution in [0.3, 0.4) is 0 Å². The Hall–Kier alpha value is -3.29. The molecular formula is C25H23ClFN5O. The molecule has 0 radical (unpaired) electrons. The highest BCUT2D eigenvalue weighted by Gasteiger charge is 2.21. The van der Waals surface area contributed by atoms with E-state index in [4.69, 9.17) is 11.6 Å². The van der Waals surface area contributed by atoms with E-state index < -0.39 is 0 Å². The number of carbonyl (C=O) groups is 1. The number of anilines is 1. The van der Waals surface area contributed by atoms with Gasteiger partial charge < -0.3 is 15.2 Å². The van der Waals surface area contributed by atoms with Crippen molar-refractivity contribution >= 4 is 34.4 Å². The lowest BCUT2D eigenvalue weighted by Crippen LogP contribution is -2.37. The third-order valence-electron chi connectivity index (χ3n) is 5.95. The summed E-state index contributed by atoms with van der Waals surface area (Å²) in [5, 5.41) is 6.67. The number of aromatic nitrogens is 3. The van der Waals surface area contributed by atoms with Gasteiger partial charge in [0.2, 0.25) is 5.91 Å². The van der Waals surface area contributed by atoms with Crippen molar-refractivity contribution in [2.45, 2.75) is 19.4 Å². The van der Waals surface area contributed by atoms with Crippen molar-refractivity contribution < 1.29 is 9.18 Å². The van der Waals surface area contributed by atoms with E-state index in [1.165, 1.54) is 12.1 Å². The van der Waals surface area contributed by atoms with Crippen LogP contribution < -0.4 is 10.6 Å². The molecule has 168 valence electrons. The topological polar surface area (TPSA) is 71.8 Å². The first-order valence-electron chi connectivity index (χ1n) is 10.9. The molecule has 3 heterocycles. The van der Waals surface area contributed by atoms with Crippen LogP contribution in [-0.4, -0.2) is 33.5 Å². The number of halogens is 2. The summed E-state index contributed by atoms with van der Waals surface area (Å²) in [6.07, 6.45) is 5.16. The number of hydrogen-bond donors (Lipinski definition) is 2. The van der Waals surface area contributed by atoms with Crippen molar-refractivity contribution in [2.75, 3.05) is 18.4 Å². The number of fused-ring (bicyclic) bond motifs is 1. The Morgan fingerprint density at radius 1 is 1.21 bits per heavy atom. The monoisotopic (exact) mass is 463 g/mol. The van der Waals surface area contributed by atoms with E-state index in [1.807, 2.05) is 28.8 Å². The van der Waals surface area contributed by atoms with Gasteiger partial charge in [0.1, 0.15) is 11.6 Å². The Kier molecular flexibility index (Phi) is 6.07. The van der Waals surface area contributed by atoms with Gasteiger partial charge in [-0.15, -0.1) is 0 Å². The molecule has 1 amide bonds. The average Bonchev–Trinajstić information content (AvgIpc) is 3.23. The highest BCUT2D eigenvalue weighted by Crippen LogP contribution is 2.31. The number of benzene rings is 2. The first kappa shape index (κ1) is 21.6. The van der Waals surface area contributed by atoms with Crippen LogP contribution in [0, 0.1) is 11.7 Å². The van der Waals surface area contributed by atoms with Gasteiger partial charge in [0.25, 0.3) is 0 Å². The molecule has 8 heteroatoms. The maximum absolute atomic E-state index is 13.6. The van der Waals surface area contributed by atoms with E-state index >= 15 is 0 Å². The molecule has 0 spiro atoms. The van der Waals surface area contributed by atoms with Gasteiger partial charge in [-0.05, 0) is 60.8 Å². The lowest BCUT2D eigenvalue weighted by Gasteiger charge is -2.21. The summed E-state index contributed by atoms with van der Waals surface area (Å²) in [5.74, 6) is 0.109. The molecule has 1 aliphatic heterocycles. The SMILES string of the molecule is O=C(Nc1cc(-c2ccc3ncn(Cc4cccc(F)c4)c3c2)c(Cl)cn1)C1CCCNC1. The fourth-order valence-electron chi connectivity index (χ4n) is 4.21. The number of piperidine rings is 1. The van der Waals surface area contributed by atoms with Crippen LogP contribution in [-0.2, 0) is 11.3 Å². The average molecular weight is 464 g/mol. The van der Waals surface area contributed by atoms with Crippen LogP contribution in [0.5, 0.6) is 0 Å². The molecule has 33 heavy (non-hydrogen) atoms.